The topological polar surface area (TPSA) is 84.8 Å². The van der Waals surface area contributed by atoms with E-state index in [0.29, 0.717) is 29.7 Å². The van der Waals surface area contributed by atoms with Gasteiger partial charge in [-0.1, -0.05) is 26.0 Å². The van der Waals surface area contributed by atoms with Crippen LogP contribution in [-0.2, 0) is 10.2 Å². The Hall–Kier alpha value is -1.88. The Morgan fingerprint density at radius 1 is 1.35 bits per heavy atom. The van der Waals surface area contributed by atoms with Gasteiger partial charge < -0.3 is 20.1 Å². The van der Waals surface area contributed by atoms with Crippen LogP contribution in [0.3, 0.4) is 0 Å². The number of esters is 1. The maximum Gasteiger partial charge on any atom is 0.350 e. The molecule has 1 heterocycles. The Kier molecular flexibility index (Phi) is 10.7. The van der Waals surface area contributed by atoms with Crippen LogP contribution in [0, 0.1) is 6.92 Å². The molecule has 0 radical (unpaired) electrons. The van der Waals surface area contributed by atoms with E-state index in [1.54, 1.807) is 21.1 Å². The smallest absolute Gasteiger partial charge is 0.350 e. The van der Waals surface area contributed by atoms with Gasteiger partial charge in [-0.3, -0.25) is 4.99 Å². The molecule has 1 aromatic carbocycles. The van der Waals surface area contributed by atoms with Crippen molar-refractivity contribution in [2.45, 2.75) is 46.1 Å². The second kappa shape index (κ2) is 12.2. The van der Waals surface area contributed by atoms with Crippen molar-refractivity contribution >= 4 is 47.2 Å². The summed E-state index contributed by atoms with van der Waals surface area (Å²) in [6, 6.07) is 7.98. The zero-order chi connectivity index (χ0) is 22.3. The SMILES string of the molecule is CCOC(=O)c1sc(C(C)NC(=NC)NCC(C)(C)c2cccc(OC)c2)nc1C.I. The first kappa shape index (κ1) is 27.2. The van der Waals surface area contributed by atoms with Gasteiger partial charge >= 0.3 is 5.97 Å². The third-order valence-electron chi connectivity index (χ3n) is 4.77. The minimum atomic E-state index is -0.325. The van der Waals surface area contributed by atoms with Gasteiger partial charge in [0.1, 0.15) is 15.6 Å². The third kappa shape index (κ3) is 7.34. The number of hydrogen-bond donors (Lipinski definition) is 2. The second-order valence-corrected chi connectivity index (χ2v) is 8.63. The molecule has 7 nitrogen and oxygen atoms in total. The molecule has 9 heteroatoms. The van der Waals surface area contributed by atoms with E-state index in [2.05, 4.69) is 46.6 Å². The number of aliphatic imine (C=N–C) groups is 1. The van der Waals surface area contributed by atoms with Gasteiger partial charge in [-0.15, -0.1) is 35.3 Å². The Labute approximate surface area is 206 Å². The van der Waals surface area contributed by atoms with Crippen molar-refractivity contribution in [1.29, 1.82) is 0 Å². The number of thiazole rings is 1. The van der Waals surface area contributed by atoms with Crippen LogP contribution in [-0.4, -0.2) is 44.2 Å². The summed E-state index contributed by atoms with van der Waals surface area (Å²) in [4.78, 5) is 21.5. The van der Waals surface area contributed by atoms with Crippen LogP contribution >= 0.6 is 35.3 Å². The predicted molar refractivity (Wildman–Crippen MR) is 137 cm³/mol. The molecule has 0 saturated heterocycles. The summed E-state index contributed by atoms with van der Waals surface area (Å²) in [5, 5.41) is 7.56. The van der Waals surface area contributed by atoms with E-state index >= 15 is 0 Å². The van der Waals surface area contributed by atoms with Gasteiger partial charge in [0.15, 0.2) is 5.96 Å². The molecule has 2 N–H and O–H groups in total. The summed E-state index contributed by atoms with van der Waals surface area (Å²) in [5.74, 6) is 1.19. The molecule has 1 unspecified atom stereocenters. The molecule has 1 aromatic heterocycles. The lowest BCUT2D eigenvalue weighted by atomic mass is 9.84. The van der Waals surface area contributed by atoms with E-state index in [0.717, 1.165) is 10.8 Å². The highest BCUT2D eigenvalue weighted by Crippen LogP contribution is 2.26. The molecule has 0 saturated carbocycles. The van der Waals surface area contributed by atoms with Crippen LogP contribution in [0.25, 0.3) is 0 Å². The third-order valence-corrected chi connectivity index (χ3v) is 6.09. The average Bonchev–Trinajstić information content (AvgIpc) is 3.13. The van der Waals surface area contributed by atoms with Crippen LogP contribution in [0.5, 0.6) is 5.75 Å². The maximum absolute atomic E-state index is 12.1. The number of hydrogen-bond acceptors (Lipinski definition) is 6. The molecule has 0 aliphatic carbocycles. The molecular weight excluding hydrogens is 527 g/mol. The summed E-state index contributed by atoms with van der Waals surface area (Å²) < 4.78 is 10.5. The Balaban J connectivity index is 0.00000480. The van der Waals surface area contributed by atoms with Gasteiger partial charge in [0.05, 0.1) is 25.5 Å². The average molecular weight is 561 g/mol. The molecule has 172 valence electrons. The van der Waals surface area contributed by atoms with Crippen LogP contribution in [0.4, 0.5) is 0 Å². The number of carbonyl (C=O) groups excluding carboxylic acids is 1. The van der Waals surface area contributed by atoms with Crippen molar-refractivity contribution < 1.29 is 14.3 Å². The number of nitrogens with one attached hydrogen (secondary N) is 2. The van der Waals surface area contributed by atoms with Crippen LogP contribution < -0.4 is 15.4 Å². The number of aromatic nitrogens is 1. The van der Waals surface area contributed by atoms with Crippen molar-refractivity contribution in [2.75, 3.05) is 27.3 Å². The van der Waals surface area contributed by atoms with E-state index in [9.17, 15) is 4.79 Å². The summed E-state index contributed by atoms with van der Waals surface area (Å²) in [7, 11) is 3.41. The Morgan fingerprint density at radius 2 is 2.06 bits per heavy atom. The summed E-state index contributed by atoms with van der Waals surface area (Å²) >= 11 is 1.35. The fraction of sp³-hybridized carbons (Fsp3) is 0.500. The van der Waals surface area contributed by atoms with Gasteiger partial charge in [0.25, 0.3) is 0 Å². The number of benzene rings is 1. The van der Waals surface area contributed by atoms with E-state index in [-0.39, 0.29) is 41.4 Å². The minimum absolute atomic E-state index is 0. The van der Waals surface area contributed by atoms with Crippen LogP contribution in [0.2, 0.25) is 0 Å². The molecule has 0 aliphatic heterocycles. The van der Waals surface area contributed by atoms with Gasteiger partial charge in [0, 0.05) is 19.0 Å². The van der Waals surface area contributed by atoms with Crippen molar-refractivity contribution in [3.05, 3.63) is 45.4 Å². The highest BCUT2D eigenvalue weighted by molar-refractivity contribution is 14.0. The van der Waals surface area contributed by atoms with Crippen LogP contribution in [0.15, 0.2) is 29.3 Å². The monoisotopic (exact) mass is 560 g/mol. The van der Waals surface area contributed by atoms with Crippen molar-refractivity contribution in [2.24, 2.45) is 4.99 Å². The molecule has 0 fully saturated rings. The number of guanidine groups is 1. The van der Waals surface area contributed by atoms with Gasteiger partial charge in [0.2, 0.25) is 0 Å². The molecule has 0 spiro atoms. The summed E-state index contributed by atoms with van der Waals surface area (Å²) in [5.41, 5.74) is 1.72. The van der Waals surface area contributed by atoms with Crippen molar-refractivity contribution in [1.82, 2.24) is 15.6 Å². The number of aryl methyl sites for hydroxylation is 1. The fourth-order valence-corrected chi connectivity index (χ4v) is 3.86. The molecular formula is C22H33IN4O3S. The van der Waals surface area contributed by atoms with Gasteiger partial charge in [-0.05, 0) is 38.5 Å². The predicted octanol–water partition coefficient (Wildman–Crippen LogP) is 4.46. The number of nitrogens with zero attached hydrogens (tertiary/aromatic N) is 2. The first-order chi connectivity index (χ1) is 14.2. The summed E-state index contributed by atoms with van der Waals surface area (Å²) in [6.45, 7) is 11.0. The molecule has 31 heavy (non-hydrogen) atoms. The lowest BCUT2D eigenvalue weighted by Crippen LogP contribution is -2.44. The van der Waals surface area contributed by atoms with Gasteiger partial charge in [-0.25, -0.2) is 9.78 Å². The Morgan fingerprint density at radius 3 is 2.68 bits per heavy atom. The number of ether oxygens (including phenoxy) is 2. The molecule has 0 aliphatic rings. The Bertz CT molecular complexity index is 899. The standard InChI is InChI=1S/C22H32N4O3S.HI/c1-8-29-20(27)18-14(2)25-19(30-18)15(3)26-21(23-6)24-13-22(4,5)16-10-9-11-17(12-16)28-7;/h9-12,15H,8,13H2,1-7H3,(H2,23,24,26);1H. The second-order valence-electron chi connectivity index (χ2n) is 7.59. The fourth-order valence-electron chi connectivity index (χ4n) is 2.90. The lowest BCUT2D eigenvalue weighted by Gasteiger charge is -2.27. The molecule has 0 amide bonds. The molecule has 2 aromatic rings. The zero-order valence-corrected chi connectivity index (χ0v) is 22.4. The molecule has 1 atom stereocenters. The quantitative estimate of drug-likeness (QED) is 0.215. The maximum atomic E-state index is 12.1. The normalized spacial score (nSPS) is 12.5. The van der Waals surface area contributed by atoms with E-state index in [1.807, 2.05) is 26.0 Å². The first-order valence-corrected chi connectivity index (χ1v) is 10.8. The van der Waals surface area contributed by atoms with Gasteiger partial charge in [-0.2, -0.15) is 0 Å². The molecule has 2 rings (SSSR count). The minimum Gasteiger partial charge on any atom is -0.497 e. The number of halogens is 1. The highest BCUT2D eigenvalue weighted by Gasteiger charge is 2.23. The van der Waals surface area contributed by atoms with Crippen molar-refractivity contribution in [3.8, 4) is 5.75 Å². The number of methoxy groups -OCH3 is 1. The van der Waals surface area contributed by atoms with E-state index < -0.39 is 0 Å². The summed E-state index contributed by atoms with van der Waals surface area (Å²) in [6.07, 6.45) is 0. The molecule has 0 bridgehead atoms. The lowest BCUT2D eigenvalue weighted by molar-refractivity contribution is 0.0531. The van der Waals surface area contributed by atoms with E-state index in [4.69, 9.17) is 9.47 Å². The highest BCUT2D eigenvalue weighted by atomic mass is 127. The zero-order valence-electron chi connectivity index (χ0n) is 19.2. The van der Waals surface area contributed by atoms with E-state index in [1.165, 1.54) is 16.9 Å². The number of rotatable bonds is 8. The first-order valence-electron chi connectivity index (χ1n) is 9.98. The largest absolute Gasteiger partial charge is 0.497 e. The van der Waals surface area contributed by atoms with Crippen LogP contribution in [0.1, 0.15) is 59.7 Å². The number of carbonyl (C=O) groups is 1. The van der Waals surface area contributed by atoms with Crippen molar-refractivity contribution in [3.63, 3.8) is 0 Å².